The van der Waals surface area contributed by atoms with Gasteiger partial charge in [-0.2, -0.15) is 12.5 Å². The summed E-state index contributed by atoms with van der Waals surface area (Å²) in [6, 6.07) is 0. The molecule has 66 valence electrons. The first-order valence-corrected chi connectivity index (χ1v) is 7.66. The molecule has 1 atom stereocenters. The summed E-state index contributed by atoms with van der Waals surface area (Å²) in [6.45, 7) is 10.3. The van der Waals surface area contributed by atoms with E-state index in [1.165, 1.54) is 0 Å². The van der Waals surface area contributed by atoms with Crippen LogP contribution in [0.3, 0.4) is 0 Å². The standard InChI is InChI=1S/C9H18OSi.2Li/c1-5-9(10)7-6-8-11(2,3)4;;/h6,8-9H,1,5,7H2,2-4H3;;/q-2;2*+1/b8-6+;;. The van der Waals surface area contributed by atoms with Crippen LogP contribution in [0.2, 0.25) is 19.6 Å². The Hall–Kier alpha value is 1.11. The van der Waals surface area contributed by atoms with Crippen LogP contribution in [0.25, 0.3) is 0 Å². The summed E-state index contributed by atoms with van der Waals surface area (Å²) < 4.78 is 0. The average Bonchev–Trinajstić information content (AvgIpc) is 1.85. The second kappa shape index (κ2) is 9.66. The molecule has 0 radical (unpaired) electrons. The van der Waals surface area contributed by atoms with Crippen LogP contribution in [-0.4, -0.2) is 14.2 Å². The summed E-state index contributed by atoms with van der Waals surface area (Å²) in [4.78, 5) is 0. The fourth-order valence-electron chi connectivity index (χ4n) is 0.691. The molecule has 1 nitrogen and oxygen atoms in total. The first-order valence-electron chi connectivity index (χ1n) is 4.08. The maximum Gasteiger partial charge on any atom is 1.00 e. The Morgan fingerprint density at radius 1 is 1.31 bits per heavy atom. The molecule has 0 aromatic carbocycles. The molecule has 0 fully saturated rings. The van der Waals surface area contributed by atoms with E-state index in [0.717, 1.165) is 0 Å². The monoisotopic (exact) mass is 184 g/mol. The van der Waals surface area contributed by atoms with Crippen molar-refractivity contribution in [2.75, 3.05) is 0 Å². The summed E-state index contributed by atoms with van der Waals surface area (Å²) >= 11 is 0. The van der Waals surface area contributed by atoms with Crippen LogP contribution in [0.4, 0.5) is 0 Å². The van der Waals surface area contributed by atoms with Gasteiger partial charge in [-0.05, 0) is 0 Å². The van der Waals surface area contributed by atoms with Crippen LogP contribution in [0.5, 0.6) is 0 Å². The van der Waals surface area contributed by atoms with Gasteiger partial charge in [0.15, 0.2) is 0 Å². The van der Waals surface area contributed by atoms with E-state index in [-0.39, 0.29) is 37.7 Å². The van der Waals surface area contributed by atoms with Crippen molar-refractivity contribution in [1.82, 2.24) is 0 Å². The Morgan fingerprint density at radius 2 is 1.77 bits per heavy atom. The first-order chi connectivity index (χ1) is 4.95. The van der Waals surface area contributed by atoms with Crippen molar-refractivity contribution in [3.05, 3.63) is 18.7 Å². The third-order valence-electron chi connectivity index (χ3n) is 1.34. The topological polar surface area (TPSA) is 23.1 Å². The SMILES string of the molecule is [CH2-]CC([O-])C/C=C/[Si](C)(C)C.[Li+].[Li+]. The van der Waals surface area contributed by atoms with Gasteiger partial charge >= 0.3 is 37.7 Å². The van der Waals surface area contributed by atoms with E-state index >= 15 is 0 Å². The van der Waals surface area contributed by atoms with Gasteiger partial charge in [0.1, 0.15) is 0 Å². The van der Waals surface area contributed by atoms with E-state index in [2.05, 4.69) is 32.3 Å². The van der Waals surface area contributed by atoms with Crippen molar-refractivity contribution in [1.29, 1.82) is 0 Å². The van der Waals surface area contributed by atoms with E-state index in [0.29, 0.717) is 12.8 Å². The Labute approximate surface area is 108 Å². The van der Waals surface area contributed by atoms with Gasteiger partial charge in [0.25, 0.3) is 0 Å². The molecule has 0 spiro atoms. The van der Waals surface area contributed by atoms with Gasteiger partial charge in [0.2, 0.25) is 0 Å². The molecule has 0 bridgehead atoms. The third-order valence-corrected chi connectivity index (χ3v) is 2.57. The van der Waals surface area contributed by atoms with Gasteiger partial charge in [0, 0.05) is 0 Å². The maximum absolute atomic E-state index is 10.9. The zero-order valence-electron chi connectivity index (χ0n) is 9.76. The van der Waals surface area contributed by atoms with Crippen LogP contribution >= 0.6 is 0 Å². The van der Waals surface area contributed by atoms with E-state index in [1.54, 1.807) is 0 Å². The molecule has 1 unspecified atom stereocenters. The van der Waals surface area contributed by atoms with Crippen LogP contribution in [0.1, 0.15) is 12.8 Å². The van der Waals surface area contributed by atoms with Crippen molar-refractivity contribution in [3.63, 3.8) is 0 Å². The minimum absolute atomic E-state index is 0. The molecular weight excluding hydrogens is 166 g/mol. The van der Waals surface area contributed by atoms with E-state index in [1.807, 2.05) is 6.08 Å². The van der Waals surface area contributed by atoms with Gasteiger partial charge in [-0.3, -0.25) is 0 Å². The minimum Gasteiger partial charge on any atom is -0.854 e. The smallest absolute Gasteiger partial charge is 0.854 e. The summed E-state index contributed by atoms with van der Waals surface area (Å²) in [5.74, 6) is 0. The fourth-order valence-corrected chi connectivity index (χ4v) is 1.53. The van der Waals surface area contributed by atoms with Crippen LogP contribution < -0.4 is 42.8 Å². The molecule has 0 amide bonds. The van der Waals surface area contributed by atoms with Gasteiger partial charge in [-0.15, -0.1) is 0 Å². The molecule has 0 aliphatic rings. The Bertz CT molecular complexity index is 132. The molecule has 0 saturated carbocycles. The van der Waals surface area contributed by atoms with E-state index in [4.69, 9.17) is 0 Å². The molecule has 0 aromatic heterocycles. The summed E-state index contributed by atoms with van der Waals surface area (Å²) in [5, 5.41) is 10.9. The maximum atomic E-state index is 10.9. The zero-order valence-corrected chi connectivity index (χ0v) is 10.8. The number of hydrogen-bond acceptors (Lipinski definition) is 1. The van der Waals surface area contributed by atoms with Crippen molar-refractivity contribution >= 4 is 8.07 Å². The second-order valence-electron chi connectivity index (χ2n) is 3.91. The predicted molar refractivity (Wildman–Crippen MR) is 50.9 cm³/mol. The molecule has 0 aliphatic heterocycles. The summed E-state index contributed by atoms with van der Waals surface area (Å²) in [5.41, 5.74) is 2.22. The molecule has 0 rings (SSSR count). The Morgan fingerprint density at radius 3 is 2.08 bits per heavy atom. The molecule has 0 saturated heterocycles. The normalized spacial score (nSPS) is 13.3. The Balaban J connectivity index is -0.000000500. The predicted octanol–water partition coefficient (Wildman–Crippen LogP) is -4.23. The molecule has 0 aromatic rings. The molecule has 0 aliphatic carbocycles. The summed E-state index contributed by atoms with van der Waals surface area (Å²) in [6.07, 6.45) is 2.67. The van der Waals surface area contributed by atoms with Gasteiger partial charge in [-0.25, -0.2) is 0 Å². The fraction of sp³-hybridized carbons (Fsp3) is 0.667. The van der Waals surface area contributed by atoms with E-state index in [9.17, 15) is 5.11 Å². The minimum atomic E-state index is -1.08. The zero-order chi connectivity index (χ0) is 8.91. The van der Waals surface area contributed by atoms with Crippen LogP contribution in [0, 0.1) is 6.92 Å². The average molecular weight is 184 g/mol. The molecule has 0 N–H and O–H groups in total. The van der Waals surface area contributed by atoms with Crippen LogP contribution in [0.15, 0.2) is 11.8 Å². The van der Waals surface area contributed by atoms with Gasteiger partial charge < -0.3 is 12.0 Å². The first kappa shape index (κ1) is 19.6. The van der Waals surface area contributed by atoms with Gasteiger partial charge in [-0.1, -0.05) is 37.8 Å². The molecule has 4 heteroatoms. The molecule has 0 heterocycles. The van der Waals surface area contributed by atoms with Gasteiger partial charge in [0.05, 0.1) is 8.07 Å². The molecule has 13 heavy (non-hydrogen) atoms. The van der Waals surface area contributed by atoms with Crippen molar-refractivity contribution < 1.29 is 42.8 Å². The van der Waals surface area contributed by atoms with Crippen LogP contribution in [-0.2, 0) is 0 Å². The van der Waals surface area contributed by atoms with Crippen molar-refractivity contribution in [3.8, 4) is 0 Å². The number of rotatable bonds is 4. The largest absolute Gasteiger partial charge is 1.00 e. The Kier molecular flexibility index (Phi) is 14.6. The van der Waals surface area contributed by atoms with Crippen molar-refractivity contribution in [2.24, 2.45) is 0 Å². The quantitative estimate of drug-likeness (QED) is 0.321. The summed E-state index contributed by atoms with van der Waals surface area (Å²) in [7, 11) is -1.08. The number of hydrogen-bond donors (Lipinski definition) is 0. The van der Waals surface area contributed by atoms with E-state index < -0.39 is 14.2 Å². The third kappa shape index (κ3) is 15.8. The van der Waals surface area contributed by atoms with Crippen molar-refractivity contribution in [2.45, 2.75) is 38.6 Å². The second-order valence-corrected chi connectivity index (χ2v) is 8.98. The molecular formula is C9H18Li2OSi.